The number of anilines is 1. The lowest BCUT2D eigenvalue weighted by atomic mass is 10.2. The second-order valence-electron chi connectivity index (χ2n) is 3.27. The van der Waals surface area contributed by atoms with Gasteiger partial charge >= 0.3 is 0 Å². The van der Waals surface area contributed by atoms with Gasteiger partial charge in [0, 0.05) is 11.3 Å². The average Bonchev–Trinajstić information content (AvgIpc) is 2.76. The van der Waals surface area contributed by atoms with Crippen LogP contribution in [0.15, 0.2) is 28.8 Å². The van der Waals surface area contributed by atoms with E-state index in [2.05, 4.69) is 17.1 Å². The standard InChI is InChI=1S/C11H13N3OS/c1-2-16-7-10-13-11(15-14-10)8-3-5-9(12)6-4-8/h3-6H,2,7,12H2,1H3. The molecule has 1 aromatic carbocycles. The highest BCUT2D eigenvalue weighted by Gasteiger charge is 2.07. The highest BCUT2D eigenvalue weighted by Crippen LogP contribution is 2.19. The molecule has 0 radical (unpaired) electrons. The zero-order chi connectivity index (χ0) is 11.4. The summed E-state index contributed by atoms with van der Waals surface area (Å²) >= 11 is 1.77. The Labute approximate surface area is 98.2 Å². The van der Waals surface area contributed by atoms with Crippen molar-refractivity contribution < 1.29 is 4.52 Å². The molecule has 0 spiro atoms. The fourth-order valence-electron chi connectivity index (χ4n) is 1.25. The van der Waals surface area contributed by atoms with Crippen molar-refractivity contribution in [3.63, 3.8) is 0 Å². The fraction of sp³-hybridized carbons (Fsp3) is 0.273. The number of rotatable bonds is 4. The molecule has 0 fully saturated rings. The summed E-state index contributed by atoms with van der Waals surface area (Å²) in [4.78, 5) is 4.31. The Balaban J connectivity index is 2.15. The number of benzene rings is 1. The Hall–Kier alpha value is -1.49. The first-order valence-electron chi connectivity index (χ1n) is 5.06. The van der Waals surface area contributed by atoms with Crippen LogP contribution in [0.2, 0.25) is 0 Å². The van der Waals surface area contributed by atoms with Crippen LogP contribution in [0.5, 0.6) is 0 Å². The van der Waals surface area contributed by atoms with E-state index < -0.39 is 0 Å². The van der Waals surface area contributed by atoms with E-state index in [-0.39, 0.29) is 0 Å². The predicted molar refractivity (Wildman–Crippen MR) is 66.0 cm³/mol. The van der Waals surface area contributed by atoms with E-state index in [1.807, 2.05) is 24.3 Å². The van der Waals surface area contributed by atoms with Gasteiger partial charge in [-0.25, -0.2) is 0 Å². The quantitative estimate of drug-likeness (QED) is 0.825. The van der Waals surface area contributed by atoms with E-state index >= 15 is 0 Å². The van der Waals surface area contributed by atoms with Gasteiger partial charge in [-0.2, -0.15) is 16.7 Å². The van der Waals surface area contributed by atoms with Crippen LogP contribution in [0.1, 0.15) is 12.7 Å². The van der Waals surface area contributed by atoms with Crippen LogP contribution in [0.3, 0.4) is 0 Å². The summed E-state index contributed by atoms with van der Waals surface area (Å²) in [6.07, 6.45) is 0. The maximum Gasteiger partial charge on any atom is 0.257 e. The number of thioether (sulfide) groups is 1. The molecule has 1 aromatic heterocycles. The Kier molecular flexibility index (Phi) is 3.46. The van der Waals surface area contributed by atoms with Gasteiger partial charge in [0.25, 0.3) is 5.89 Å². The molecule has 0 aliphatic heterocycles. The molecule has 0 atom stereocenters. The summed E-state index contributed by atoms with van der Waals surface area (Å²) in [6.45, 7) is 2.10. The van der Waals surface area contributed by atoms with Gasteiger partial charge in [-0.1, -0.05) is 12.1 Å². The first kappa shape index (κ1) is 11.0. The van der Waals surface area contributed by atoms with Gasteiger partial charge in [0.05, 0.1) is 5.75 Å². The first-order valence-corrected chi connectivity index (χ1v) is 6.21. The van der Waals surface area contributed by atoms with E-state index in [1.54, 1.807) is 11.8 Å². The van der Waals surface area contributed by atoms with E-state index in [9.17, 15) is 0 Å². The van der Waals surface area contributed by atoms with E-state index in [4.69, 9.17) is 10.3 Å². The van der Waals surface area contributed by atoms with Gasteiger partial charge in [0.2, 0.25) is 0 Å². The van der Waals surface area contributed by atoms with Crippen molar-refractivity contribution in [2.75, 3.05) is 11.5 Å². The second kappa shape index (κ2) is 5.03. The van der Waals surface area contributed by atoms with Crippen LogP contribution in [-0.4, -0.2) is 15.9 Å². The summed E-state index contributed by atoms with van der Waals surface area (Å²) in [5.74, 6) is 3.12. The van der Waals surface area contributed by atoms with Gasteiger partial charge in [0.1, 0.15) is 0 Å². The van der Waals surface area contributed by atoms with Crippen molar-refractivity contribution in [3.8, 4) is 11.5 Å². The highest BCUT2D eigenvalue weighted by molar-refractivity contribution is 7.98. The number of hydrogen-bond acceptors (Lipinski definition) is 5. The lowest BCUT2D eigenvalue weighted by Crippen LogP contribution is -1.85. The topological polar surface area (TPSA) is 64.9 Å². The predicted octanol–water partition coefficient (Wildman–Crippen LogP) is 2.57. The third kappa shape index (κ3) is 2.55. The molecule has 0 bridgehead atoms. The fourth-order valence-corrected chi connectivity index (χ4v) is 1.75. The number of aromatic nitrogens is 2. The molecule has 84 valence electrons. The van der Waals surface area contributed by atoms with Crippen molar-refractivity contribution in [2.24, 2.45) is 0 Å². The van der Waals surface area contributed by atoms with Gasteiger partial charge in [0.15, 0.2) is 5.82 Å². The molecule has 0 aliphatic rings. The lowest BCUT2D eigenvalue weighted by Gasteiger charge is -1.94. The van der Waals surface area contributed by atoms with Gasteiger partial charge in [-0.15, -0.1) is 0 Å². The Morgan fingerprint density at radius 2 is 2.06 bits per heavy atom. The molecule has 0 amide bonds. The van der Waals surface area contributed by atoms with E-state index in [0.29, 0.717) is 5.89 Å². The number of nitrogens with two attached hydrogens (primary N) is 1. The summed E-state index contributed by atoms with van der Waals surface area (Å²) in [6, 6.07) is 7.39. The molecule has 4 nitrogen and oxygen atoms in total. The zero-order valence-corrected chi connectivity index (χ0v) is 9.83. The monoisotopic (exact) mass is 235 g/mol. The maximum absolute atomic E-state index is 5.61. The van der Waals surface area contributed by atoms with Crippen LogP contribution in [-0.2, 0) is 5.75 Å². The molecule has 2 aromatic rings. The van der Waals surface area contributed by atoms with Gasteiger partial charge in [-0.3, -0.25) is 0 Å². The van der Waals surface area contributed by atoms with Crippen LogP contribution >= 0.6 is 11.8 Å². The third-order valence-corrected chi connectivity index (χ3v) is 2.93. The number of nitrogens with zero attached hydrogens (tertiary/aromatic N) is 2. The normalized spacial score (nSPS) is 10.6. The van der Waals surface area contributed by atoms with Crippen molar-refractivity contribution >= 4 is 17.4 Å². The lowest BCUT2D eigenvalue weighted by molar-refractivity contribution is 0.425. The van der Waals surface area contributed by atoms with Crippen LogP contribution in [0.25, 0.3) is 11.5 Å². The molecule has 0 saturated heterocycles. The average molecular weight is 235 g/mol. The van der Waals surface area contributed by atoms with Crippen LogP contribution < -0.4 is 5.73 Å². The van der Waals surface area contributed by atoms with Crippen LogP contribution in [0, 0.1) is 0 Å². The van der Waals surface area contributed by atoms with Crippen molar-refractivity contribution in [1.29, 1.82) is 0 Å². The molecule has 0 aliphatic carbocycles. The van der Waals surface area contributed by atoms with Crippen molar-refractivity contribution in [3.05, 3.63) is 30.1 Å². The first-order chi connectivity index (χ1) is 7.79. The molecule has 0 unspecified atom stereocenters. The summed E-state index contributed by atoms with van der Waals surface area (Å²) in [5.41, 5.74) is 7.23. The van der Waals surface area contributed by atoms with Crippen molar-refractivity contribution in [2.45, 2.75) is 12.7 Å². The molecule has 2 N–H and O–H groups in total. The smallest absolute Gasteiger partial charge is 0.257 e. The Bertz CT molecular complexity index is 453. The second-order valence-corrected chi connectivity index (χ2v) is 4.55. The van der Waals surface area contributed by atoms with Gasteiger partial charge in [-0.05, 0) is 30.0 Å². The van der Waals surface area contributed by atoms with Crippen LogP contribution in [0.4, 0.5) is 5.69 Å². The molecule has 16 heavy (non-hydrogen) atoms. The molecular weight excluding hydrogens is 222 g/mol. The Morgan fingerprint density at radius 1 is 1.31 bits per heavy atom. The highest BCUT2D eigenvalue weighted by atomic mass is 32.2. The minimum atomic E-state index is 0.548. The maximum atomic E-state index is 5.61. The Morgan fingerprint density at radius 3 is 2.75 bits per heavy atom. The van der Waals surface area contributed by atoms with E-state index in [1.165, 1.54) is 0 Å². The van der Waals surface area contributed by atoms with Crippen molar-refractivity contribution in [1.82, 2.24) is 10.1 Å². The third-order valence-electron chi connectivity index (χ3n) is 2.06. The largest absolute Gasteiger partial charge is 0.399 e. The number of nitrogen functional groups attached to an aromatic ring is 1. The molecule has 0 saturated carbocycles. The molecular formula is C11H13N3OS. The minimum Gasteiger partial charge on any atom is -0.399 e. The summed E-state index contributed by atoms with van der Waals surface area (Å²) in [7, 11) is 0. The molecule has 5 heteroatoms. The summed E-state index contributed by atoms with van der Waals surface area (Å²) < 4.78 is 5.17. The number of hydrogen-bond donors (Lipinski definition) is 1. The zero-order valence-electron chi connectivity index (χ0n) is 9.01. The minimum absolute atomic E-state index is 0.548. The summed E-state index contributed by atoms with van der Waals surface area (Å²) in [5, 5.41) is 3.91. The molecule has 2 rings (SSSR count). The molecule has 1 heterocycles. The SMILES string of the molecule is CCSCc1noc(-c2ccc(N)cc2)n1. The van der Waals surface area contributed by atoms with E-state index in [0.717, 1.165) is 28.6 Å². The van der Waals surface area contributed by atoms with Gasteiger partial charge < -0.3 is 10.3 Å².